The molecule has 0 aliphatic carbocycles. The molecular weight excluding hydrogens is 172 g/mol. The van der Waals surface area contributed by atoms with Crippen LogP contribution in [0.2, 0.25) is 0 Å². The summed E-state index contributed by atoms with van der Waals surface area (Å²) in [5.74, 6) is 0.810. The Balaban J connectivity index is 2.40. The van der Waals surface area contributed by atoms with E-state index in [1.807, 2.05) is 0 Å². The molecule has 2 unspecified atom stereocenters. The van der Waals surface area contributed by atoms with Crippen molar-refractivity contribution < 1.29 is 0 Å². The van der Waals surface area contributed by atoms with E-state index in [2.05, 4.69) is 37.9 Å². The van der Waals surface area contributed by atoms with Gasteiger partial charge in [-0.05, 0) is 25.3 Å². The highest BCUT2D eigenvalue weighted by molar-refractivity contribution is 4.85. The number of nitrogens with zero attached hydrogens (tertiary/aromatic N) is 1. The molecule has 0 radical (unpaired) electrons. The molecule has 0 bridgehead atoms. The zero-order chi connectivity index (χ0) is 10.6. The Labute approximate surface area is 89.1 Å². The van der Waals surface area contributed by atoms with Crippen molar-refractivity contribution in [3.05, 3.63) is 0 Å². The fourth-order valence-corrected chi connectivity index (χ4v) is 2.45. The molecule has 1 heterocycles. The highest BCUT2D eigenvalue weighted by Gasteiger charge is 2.25. The smallest absolute Gasteiger partial charge is 0.0218 e. The van der Waals surface area contributed by atoms with Crippen molar-refractivity contribution in [2.45, 2.75) is 52.6 Å². The topological polar surface area (TPSA) is 15.3 Å². The fourth-order valence-electron chi connectivity index (χ4n) is 2.45. The number of hydrogen-bond acceptors (Lipinski definition) is 2. The predicted octanol–water partition coefficient (Wildman–Crippen LogP) is 2.10. The number of likely N-dealkylation sites (N-methyl/N-ethyl adjacent to an activating group) is 1. The molecule has 2 nitrogen and oxygen atoms in total. The summed E-state index contributed by atoms with van der Waals surface area (Å²) >= 11 is 0. The van der Waals surface area contributed by atoms with E-state index >= 15 is 0 Å². The molecule has 0 amide bonds. The molecule has 14 heavy (non-hydrogen) atoms. The van der Waals surface area contributed by atoms with Crippen molar-refractivity contribution in [2.24, 2.45) is 5.92 Å². The van der Waals surface area contributed by atoms with E-state index in [-0.39, 0.29) is 0 Å². The maximum absolute atomic E-state index is 3.67. The standard InChI is InChI=1S/C12H26N2/c1-5-12-8-13-11(7-10(3)4)9-14(12)6-2/h10-13H,5-9H2,1-4H3. The monoisotopic (exact) mass is 198 g/mol. The lowest BCUT2D eigenvalue weighted by Gasteiger charge is -2.40. The number of rotatable bonds is 4. The highest BCUT2D eigenvalue weighted by atomic mass is 15.2. The number of hydrogen-bond donors (Lipinski definition) is 1. The SMILES string of the molecule is CCC1CNC(CC(C)C)CN1CC. The molecule has 1 saturated heterocycles. The molecular formula is C12H26N2. The third kappa shape index (κ3) is 3.25. The largest absolute Gasteiger partial charge is 0.311 e. The summed E-state index contributed by atoms with van der Waals surface area (Å²) in [5, 5.41) is 3.67. The normalized spacial score (nSPS) is 29.8. The van der Waals surface area contributed by atoms with Crippen LogP contribution < -0.4 is 5.32 Å². The summed E-state index contributed by atoms with van der Waals surface area (Å²) in [5.41, 5.74) is 0. The van der Waals surface area contributed by atoms with Crippen molar-refractivity contribution >= 4 is 0 Å². The lowest BCUT2D eigenvalue weighted by atomic mass is 9.99. The molecule has 1 rings (SSSR count). The fraction of sp³-hybridized carbons (Fsp3) is 1.00. The van der Waals surface area contributed by atoms with Crippen LogP contribution in [-0.2, 0) is 0 Å². The van der Waals surface area contributed by atoms with Crippen LogP contribution in [0.1, 0.15) is 40.5 Å². The zero-order valence-corrected chi connectivity index (χ0v) is 10.2. The summed E-state index contributed by atoms with van der Waals surface area (Å²) in [6, 6.07) is 1.49. The van der Waals surface area contributed by atoms with E-state index < -0.39 is 0 Å². The van der Waals surface area contributed by atoms with Gasteiger partial charge in [0.1, 0.15) is 0 Å². The zero-order valence-electron chi connectivity index (χ0n) is 10.2. The van der Waals surface area contributed by atoms with E-state index in [0.29, 0.717) is 0 Å². The molecule has 0 saturated carbocycles. The first-order valence-electron chi connectivity index (χ1n) is 6.14. The third-order valence-corrected chi connectivity index (χ3v) is 3.25. The first-order chi connectivity index (χ1) is 6.67. The van der Waals surface area contributed by atoms with E-state index in [1.54, 1.807) is 0 Å². The van der Waals surface area contributed by atoms with Crippen molar-refractivity contribution in [3.8, 4) is 0 Å². The van der Waals surface area contributed by atoms with Crippen LogP contribution in [0.3, 0.4) is 0 Å². The van der Waals surface area contributed by atoms with E-state index in [1.165, 1.54) is 32.5 Å². The Morgan fingerprint density at radius 3 is 2.57 bits per heavy atom. The van der Waals surface area contributed by atoms with Crippen LogP contribution in [0.5, 0.6) is 0 Å². The van der Waals surface area contributed by atoms with Crippen LogP contribution in [0.25, 0.3) is 0 Å². The lowest BCUT2D eigenvalue weighted by Crippen LogP contribution is -2.56. The van der Waals surface area contributed by atoms with Gasteiger partial charge in [0.2, 0.25) is 0 Å². The second-order valence-corrected chi connectivity index (χ2v) is 4.88. The number of piperazine rings is 1. The number of nitrogens with one attached hydrogen (secondary N) is 1. The van der Waals surface area contributed by atoms with Gasteiger partial charge >= 0.3 is 0 Å². The van der Waals surface area contributed by atoms with Gasteiger partial charge in [-0.3, -0.25) is 4.90 Å². The molecule has 0 aromatic heterocycles. The Hall–Kier alpha value is -0.0800. The molecule has 0 aromatic rings. The van der Waals surface area contributed by atoms with E-state index in [9.17, 15) is 0 Å². The van der Waals surface area contributed by atoms with Crippen LogP contribution in [-0.4, -0.2) is 36.6 Å². The maximum atomic E-state index is 3.67. The van der Waals surface area contributed by atoms with Gasteiger partial charge in [-0.15, -0.1) is 0 Å². The Kier molecular flexibility index (Phi) is 4.90. The van der Waals surface area contributed by atoms with Crippen molar-refractivity contribution in [1.82, 2.24) is 10.2 Å². The summed E-state index contributed by atoms with van der Waals surface area (Å²) < 4.78 is 0. The Bertz CT molecular complexity index is 156. The van der Waals surface area contributed by atoms with Gasteiger partial charge in [0.05, 0.1) is 0 Å². The molecule has 1 N–H and O–H groups in total. The van der Waals surface area contributed by atoms with Crippen LogP contribution >= 0.6 is 0 Å². The average Bonchev–Trinajstić information content (AvgIpc) is 2.16. The molecule has 0 spiro atoms. The van der Waals surface area contributed by atoms with Crippen molar-refractivity contribution in [1.29, 1.82) is 0 Å². The van der Waals surface area contributed by atoms with Gasteiger partial charge in [0.15, 0.2) is 0 Å². The minimum Gasteiger partial charge on any atom is -0.311 e. The summed E-state index contributed by atoms with van der Waals surface area (Å²) in [6.45, 7) is 12.8. The summed E-state index contributed by atoms with van der Waals surface area (Å²) in [4.78, 5) is 2.63. The molecule has 2 heteroatoms. The predicted molar refractivity (Wildman–Crippen MR) is 62.6 cm³/mol. The molecule has 2 atom stereocenters. The first kappa shape index (κ1) is 12.0. The minimum absolute atomic E-state index is 0.720. The molecule has 0 aromatic carbocycles. The second-order valence-electron chi connectivity index (χ2n) is 4.88. The van der Waals surface area contributed by atoms with Crippen molar-refractivity contribution in [2.75, 3.05) is 19.6 Å². The molecule has 1 aliphatic heterocycles. The first-order valence-corrected chi connectivity index (χ1v) is 6.14. The third-order valence-electron chi connectivity index (χ3n) is 3.25. The van der Waals surface area contributed by atoms with E-state index in [0.717, 1.165) is 18.0 Å². The van der Waals surface area contributed by atoms with Gasteiger partial charge in [0.25, 0.3) is 0 Å². The summed E-state index contributed by atoms with van der Waals surface area (Å²) in [6.07, 6.45) is 2.59. The summed E-state index contributed by atoms with van der Waals surface area (Å²) in [7, 11) is 0. The van der Waals surface area contributed by atoms with Gasteiger partial charge in [-0.25, -0.2) is 0 Å². The molecule has 1 aliphatic rings. The quantitative estimate of drug-likeness (QED) is 0.744. The van der Waals surface area contributed by atoms with Gasteiger partial charge in [-0.2, -0.15) is 0 Å². The second kappa shape index (κ2) is 5.72. The van der Waals surface area contributed by atoms with Crippen molar-refractivity contribution in [3.63, 3.8) is 0 Å². The van der Waals surface area contributed by atoms with Crippen LogP contribution in [0.15, 0.2) is 0 Å². The minimum atomic E-state index is 0.720. The Morgan fingerprint density at radius 1 is 1.36 bits per heavy atom. The van der Waals surface area contributed by atoms with Gasteiger partial charge in [0, 0.05) is 25.2 Å². The van der Waals surface area contributed by atoms with Crippen LogP contribution in [0.4, 0.5) is 0 Å². The van der Waals surface area contributed by atoms with Gasteiger partial charge < -0.3 is 5.32 Å². The van der Waals surface area contributed by atoms with Gasteiger partial charge in [-0.1, -0.05) is 27.7 Å². The lowest BCUT2D eigenvalue weighted by molar-refractivity contribution is 0.125. The Morgan fingerprint density at radius 2 is 2.07 bits per heavy atom. The average molecular weight is 198 g/mol. The maximum Gasteiger partial charge on any atom is 0.0218 e. The molecule has 84 valence electrons. The van der Waals surface area contributed by atoms with E-state index in [4.69, 9.17) is 0 Å². The molecule has 1 fully saturated rings. The van der Waals surface area contributed by atoms with Crippen LogP contribution in [0, 0.1) is 5.92 Å². The highest BCUT2D eigenvalue weighted by Crippen LogP contribution is 2.14.